The van der Waals surface area contributed by atoms with E-state index in [0.29, 0.717) is 24.2 Å². The van der Waals surface area contributed by atoms with Gasteiger partial charge in [-0.15, -0.1) is 0 Å². The Bertz CT molecular complexity index is 448. The van der Waals surface area contributed by atoms with Crippen molar-refractivity contribution < 1.29 is 14.6 Å². The molecule has 0 spiro atoms. The maximum absolute atomic E-state index is 11.4. The molecular weight excluding hydrogens is 264 g/mol. The second-order valence-corrected chi connectivity index (χ2v) is 5.93. The van der Waals surface area contributed by atoms with Crippen molar-refractivity contribution in [1.29, 1.82) is 0 Å². The highest BCUT2D eigenvalue weighted by molar-refractivity contribution is 5.91. The summed E-state index contributed by atoms with van der Waals surface area (Å²) < 4.78 is 5.88. The highest BCUT2D eigenvalue weighted by atomic mass is 16.5. The number of carboxylic acids is 1. The van der Waals surface area contributed by atoms with E-state index in [1.54, 1.807) is 6.07 Å². The molecule has 21 heavy (non-hydrogen) atoms. The standard InChI is InChI=1S/C18H28O3/c1-5-14(6-2)15-10-7-11-16(18(19)20)17(15)21-12-8-9-13(3)4/h7,10-11,13-14H,5-6,8-9,12H2,1-4H3,(H,19,20). The van der Waals surface area contributed by atoms with Gasteiger partial charge in [0, 0.05) is 0 Å². The first-order chi connectivity index (χ1) is 10.0. The predicted octanol–water partition coefficient (Wildman–Crippen LogP) is 5.10. The van der Waals surface area contributed by atoms with Crippen LogP contribution in [0.15, 0.2) is 18.2 Å². The number of para-hydroxylation sites is 1. The molecule has 1 aromatic carbocycles. The van der Waals surface area contributed by atoms with Gasteiger partial charge in [0.25, 0.3) is 0 Å². The fourth-order valence-electron chi connectivity index (χ4n) is 2.60. The monoisotopic (exact) mass is 292 g/mol. The molecule has 0 saturated carbocycles. The first kappa shape index (κ1) is 17.5. The lowest BCUT2D eigenvalue weighted by atomic mass is 9.91. The van der Waals surface area contributed by atoms with E-state index >= 15 is 0 Å². The number of aromatic carboxylic acids is 1. The number of ether oxygens (including phenoxy) is 1. The van der Waals surface area contributed by atoms with Crippen LogP contribution >= 0.6 is 0 Å². The van der Waals surface area contributed by atoms with Crippen LogP contribution < -0.4 is 4.74 Å². The predicted molar refractivity (Wildman–Crippen MR) is 86.3 cm³/mol. The van der Waals surface area contributed by atoms with Gasteiger partial charge in [-0.2, -0.15) is 0 Å². The summed E-state index contributed by atoms with van der Waals surface area (Å²) in [6, 6.07) is 5.45. The first-order valence-corrected chi connectivity index (χ1v) is 8.00. The summed E-state index contributed by atoms with van der Waals surface area (Å²) in [4.78, 5) is 11.4. The van der Waals surface area contributed by atoms with Gasteiger partial charge < -0.3 is 9.84 Å². The number of hydrogen-bond donors (Lipinski definition) is 1. The van der Waals surface area contributed by atoms with E-state index < -0.39 is 5.97 Å². The number of rotatable bonds is 9. The molecule has 0 aliphatic heterocycles. The average Bonchev–Trinajstić information content (AvgIpc) is 2.45. The smallest absolute Gasteiger partial charge is 0.339 e. The summed E-state index contributed by atoms with van der Waals surface area (Å²) in [5.74, 6) is 0.648. The Balaban J connectivity index is 2.97. The van der Waals surface area contributed by atoms with Gasteiger partial charge in [0.1, 0.15) is 11.3 Å². The SMILES string of the molecule is CCC(CC)c1cccc(C(=O)O)c1OCCCC(C)C. The van der Waals surface area contributed by atoms with Crippen molar-refractivity contribution in [1.82, 2.24) is 0 Å². The largest absolute Gasteiger partial charge is 0.492 e. The Morgan fingerprint density at radius 1 is 1.24 bits per heavy atom. The Kier molecular flexibility index (Phi) is 7.27. The van der Waals surface area contributed by atoms with Crippen LogP contribution in [0.4, 0.5) is 0 Å². The van der Waals surface area contributed by atoms with Crippen molar-refractivity contribution in [3.63, 3.8) is 0 Å². The van der Waals surface area contributed by atoms with Crippen molar-refractivity contribution in [2.75, 3.05) is 6.61 Å². The molecule has 0 saturated heterocycles. The van der Waals surface area contributed by atoms with Crippen molar-refractivity contribution in [2.45, 2.75) is 59.3 Å². The quantitative estimate of drug-likeness (QED) is 0.644. The van der Waals surface area contributed by atoms with Crippen LogP contribution in [0.2, 0.25) is 0 Å². The van der Waals surface area contributed by atoms with E-state index in [0.717, 1.165) is 31.2 Å². The molecule has 0 radical (unpaired) electrons. The van der Waals surface area contributed by atoms with Gasteiger partial charge in [-0.25, -0.2) is 4.79 Å². The minimum Gasteiger partial charge on any atom is -0.492 e. The van der Waals surface area contributed by atoms with Gasteiger partial charge in [-0.3, -0.25) is 0 Å². The number of benzene rings is 1. The zero-order valence-electron chi connectivity index (χ0n) is 13.7. The maximum Gasteiger partial charge on any atom is 0.339 e. The van der Waals surface area contributed by atoms with Crippen LogP contribution in [0.1, 0.15) is 75.2 Å². The molecule has 0 bridgehead atoms. The fourth-order valence-corrected chi connectivity index (χ4v) is 2.60. The third-order valence-electron chi connectivity index (χ3n) is 3.87. The molecule has 3 nitrogen and oxygen atoms in total. The molecule has 0 aromatic heterocycles. The summed E-state index contributed by atoms with van der Waals surface area (Å²) in [6.45, 7) is 9.20. The number of hydrogen-bond acceptors (Lipinski definition) is 2. The molecule has 1 N–H and O–H groups in total. The third kappa shape index (κ3) is 5.07. The summed E-state index contributed by atoms with van der Waals surface area (Å²) in [6.07, 6.45) is 4.02. The zero-order valence-corrected chi connectivity index (χ0v) is 13.7. The Morgan fingerprint density at radius 3 is 2.43 bits per heavy atom. The second kappa shape index (κ2) is 8.71. The normalized spacial score (nSPS) is 11.1. The van der Waals surface area contributed by atoms with E-state index in [1.165, 1.54) is 0 Å². The lowest BCUT2D eigenvalue weighted by Crippen LogP contribution is -2.09. The van der Waals surface area contributed by atoms with Gasteiger partial charge in [0.2, 0.25) is 0 Å². The van der Waals surface area contributed by atoms with Gasteiger partial charge in [-0.1, -0.05) is 39.8 Å². The molecule has 0 heterocycles. The molecule has 0 fully saturated rings. The lowest BCUT2D eigenvalue weighted by Gasteiger charge is -2.20. The Labute approximate surface area is 128 Å². The summed E-state index contributed by atoms with van der Waals surface area (Å²) in [7, 11) is 0. The Morgan fingerprint density at radius 2 is 1.90 bits per heavy atom. The van der Waals surface area contributed by atoms with Crippen LogP contribution in [-0.4, -0.2) is 17.7 Å². The number of carbonyl (C=O) groups is 1. The van der Waals surface area contributed by atoms with Crippen molar-refractivity contribution in [3.8, 4) is 5.75 Å². The van der Waals surface area contributed by atoms with E-state index in [4.69, 9.17) is 4.74 Å². The molecule has 1 rings (SSSR count). The van der Waals surface area contributed by atoms with Gasteiger partial charge in [0.05, 0.1) is 6.61 Å². The van der Waals surface area contributed by atoms with Gasteiger partial charge >= 0.3 is 5.97 Å². The zero-order chi connectivity index (χ0) is 15.8. The van der Waals surface area contributed by atoms with Crippen LogP contribution in [0.3, 0.4) is 0 Å². The van der Waals surface area contributed by atoms with Crippen molar-refractivity contribution >= 4 is 5.97 Å². The first-order valence-electron chi connectivity index (χ1n) is 8.00. The lowest BCUT2D eigenvalue weighted by molar-refractivity contribution is 0.0691. The van der Waals surface area contributed by atoms with Crippen LogP contribution in [0, 0.1) is 5.92 Å². The summed E-state index contributed by atoms with van der Waals surface area (Å²) >= 11 is 0. The third-order valence-corrected chi connectivity index (χ3v) is 3.87. The fraction of sp³-hybridized carbons (Fsp3) is 0.611. The second-order valence-electron chi connectivity index (χ2n) is 5.93. The van der Waals surface area contributed by atoms with Crippen molar-refractivity contribution in [2.24, 2.45) is 5.92 Å². The molecule has 0 amide bonds. The topological polar surface area (TPSA) is 46.5 Å². The Hall–Kier alpha value is -1.51. The minimum atomic E-state index is -0.915. The van der Waals surface area contributed by atoms with Crippen LogP contribution in [-0.2, 0) is 0 Å². The molecule has 1 aromatic rings. The molecule has 0 atom stereocenters. The van der Waals surface area contributed by atoms with E-state index in [-0.39, 0.29) is 5.56 Å². The molecule has 3 heteroatoms. The van der Waals surface area contributed by atoms with E-state index in [2.05, 4.69) is 27.7 Å². The van der Waals surface area contributed by atoms with E-state index in [1.807, 2.05) is 12.1 Å². The highest BCUT2D eigenvalue weighted by Crippen LogP contribution is 2.34. The molecule has 0 unspecified atom stereocenters. The molecule has 0 aliphatic rings. The molecule has 118 valence electrons. The van der Waals surface area contributed by atoms with Crippen LogP contribution in [0.5, 0.6) is 5.75 Å². The van der Waals surface area contributed by atoms with Crippen LogP contribution in [0.25, 0.3) is 0 Å². The average molecular weight is 292 g/mol. The maximum atomic E-state index is 11.4. The van der Waals surface area contributed by atoms with Gasteiger partial charge in [-0.05, 0) is 49.1 Å². The number of carboxylic acid groups (broad SMARTS) is 1. The van der Waals surface area contributed by atoms with Crippen molar-refractivity contribution in [3.05, 3.63) is 29.3 Å². The minimum absolute atomic E-state index is 0.281. The summed E-state index contributed by atoms with van der Waals surface area (Å²) in [5.41, 5.74) is 1.31. The summed E-state index contributed by atoms with van der Waals surface area (Å²) in [5, 5.41) is 9.38. The molecule has 0 aliphatic carbocycles. The van der Waals surface area contributed by atoms with E-state index in [9.17, 15) is 9.90 Å². The highest BCUT2D eigenvalue weighted by Gasteiger charge is 2.19. The van der Waals surface area contributed by atoms with Gasteiger partial charge in [0.15, 0.2) is 0 Å². The molecular formula is C18H28O3.